The molecule has 0 aliphatic carbocycles. The van der Waals surface area contributed by atoms with E-state index in [9.17, 15) is 19.2 Å². The summed E-state index contributed by atoms with van der Waals surface area (Å²) in [7, 11) is 2.87. The summed E-state index contributed by atoms with van der Waals surface area (Å²) in [4.78, 5) is 52.0. The van der Waals surface area contributed by atoms with E-state index in [0.717, 1.165) is 30.3 Å². The molecule has 3 rings (SSSR count). The molecule has 9 nitrogen and oxygen atoms in total. The van der Waals surface area contributed by atoms with Gasteiger partial charge in [0.15, 0.2) is 6.61 Å². The van der Waals surface area contributed by atoms with Crippen LogP contribution in [0, 0.1) is 0 Å². The molecule has 2 heterocycles. The van der Waals surface area contributed by atoms with Gasteiger partial charge in [0, 0.05) is 59.1 Å². The van der Waals surface area contributed by atoms with E-state index < -0.39 is 17.2 Å². The van der Waals surface area contributed by atoms with Crippen molar-refractivity contribution in [3.63, 3.8) is 0 Å². The van der Waals surface area contributed by atoms with Gasteiger partial charge in [0.25, 0.3) is 11.5 Å². The molecule has 164 valence electrons. The smallest absolute Gasteiger partial charge is 0.331 e. The third-order valence-corrected chi connectivity index (χ3v) is 5.18. The van der Waals surface area contributed by atoms with Crippen LogP contribution in [0.1, 0.15) is 11.1 Å². The van der Waals surface area contributed by atoms with Crippen molar-refractivity contribution in [3.8, 4) is 0 Å². The SMILES string of the molecule is Cn1cc(/C=C/C(=O)OCC(=O)N2CCN(Cc3ccccc3)CC2)c(=O)n(C)c1=O. The van der Waals surface area contributed by atoms with Gasteiger partial charge >= 0.3 is 11.7 Å². The van der Waals surface area contributed by atoms with E-state index in [1.807, 2.05) is 18.2 Å². The molecule has 31 heavy (non-hydrogen) atoms. The number of nitrogens with zero attached hydrogens (tertiary/aromatic N) is 4. The first-order chi connectivity index (χ1) is 14.8. The van der Waals surface area contributed by atoms with E-state index in [1.54, 1.807) is 4.90 Å². The van der Waals surface area contributed by atoms with Crippen LogP contribution in [0.25, 0.3) is 6.08 Å². The van der Waals surface area contributed by atoms with Crippen LogP contribution in [0.3, 0.4) is 0 Å². The number of ether oxygens (including phenoxy) is 1. The average Bonchev–Trinajstić information content (AvgIpc) is 2.78. The second-order valence-corrected chi connectivity index (χ2v) is 7.43. The van der Waals surface area contributed by atoms with Crippen molar-refractivity contribution in [1.82, 2.24) is 18.9 Å². The number of aryl methyl sites for hydroxylation is 1. The Bertz CT molecular complexity index is 1080. The third kappa shape index (κ3) is 5.79. The van der Waals surface area contributed by atoms with E-state index in [1.165, 1.54) is 36.5 Å². The normalized spacial score (nSPS) is 14.7. The number of benzene rings is 1. The summed E-state index contributed by atoms with van der Waals surface area (Å²) in [5.74, 6) is -0.980. The first-order valence-corrected chi connectivity index (χ1v) is 10.0. The Labute approximate surface area is 179 Å². The second-order valence-electron chi connectivity index (χ2n) is 7.43. The van der Waals surface area contributed by atoms with E-state index in [2.05, 4.69) is 17.0 Å². The predicted octanol–water partition coefficient (Wildman–Crippen LogP) is -0.0152. The van der Waals surface area contributed by atoms with Gasteiger partial charge in [0.05, 0.1) is 5.56 Å². The number of carbonyl (C=O) groups excluding carboxylic acids is 2. The van der Waals surface area contributed by atoms with Crippen molar-refractivity contribution in [1.29, 1.82) is 0 Å². The van der Waals surface area contributed by atoms with Gasteiger partial charge in [-0.1, -0.05) is 30.3 Å². The number of piperazine rings is 1. The van der Waals surface area contributed by atoms with Crippen LogP contribution in [0.5, 0.6) is 0 Å². The highest BCUT2D eigenvalue weighted by Gasteiger charge is 2.21. The van der Waals surface area contributed by atoms with Gasteiger partial charge in [-0.05, 0) is 11.6 Å². The molecule has 0 saturated carbocycles. The molecule has 0 radical (unpaired) electrons. The summed E-state index contributed by atoms with van der Waals surface area (Å²) in [6.45, 7) is 3.15. The fourth-order valence-corrected chi connectivity index (χ4v) is 3.38. The Balaban J connectivity index is 1.46. The van der Waals surface area contributed by atoms with E-state index >= 15 is 0 Å². The first kappa shape index (κ1) is 22.2. The van der Waals surface area contributed by atoms with Crippen LogP contribution in [0.4, 0.5) is 0 Å². The highest BCUT2D eigenvalue weighted by atomic mass is 16.5. The van der Waals surface area contributed by atoms with Gasteiger partial charge in [-0.2, -0.15) is 0 Å². The average molecular weight is 426 g/mol. The maximum absolute atomic E-state index is 12.3. The van der Waals surface area contributed by atoms with Crippen LogP contribution < -0.4 is 11.2 Å². The summed E-state index contributed by atoms with van der Waals surface area (Å²) in [5.41, 5.74) is 0.425. The molecule has 1 aliphatic heterocycles. The van der Waals surface area contributed by atoms with Crippen molar-refractivity contribution in [2.45, 2.75) is 6.54 Å². The molecule has 2 aromatic rings. The zero-order chi connectivity index (χ0) is 22.4. The molecule has 1 aliphatic rings. The van der Waals surface area contributed by atoms with Crippen molar-refractivity contribution in [2.75, 3.05) is 32.8 Å². The van der Waals surface area contributed by atoms with Gasteiger partial charge in [0.1, 0.15) is 0 Å². The van der Waals surface area contributed by atoms with Crippen molar-refractivity contribution in [2.24, 2.45) is 14.1 Å². The first-order valence-electron chi connectivity index (χ1n) is 10.0. The molecule has 9 heteroatoms. The van der Waals surface area contributed by atoms with Crippen LogP contribution >= 0.6 is 0 Å². The standard InChI is InChI=1S/C22H26N4O5/c1-23-15-18(21(29)24(2)22(23)30)8-9-20(28)31-16-19(27)26-12-10-25(11-13-26)14-17-6-4-3-5-7-17/h3-9,15H,10-14,16H2,1-2H3/b9-8+. The van der Waals surface area contributed by atoms with E-state index in [4.69, 9.17) is 4.74 Å². The molecular weight excluding hydrogens is 400 g/mol. The lowest BCUT2D eigenvalue weighted by molar-refractivity contribution is -0.149. The number of carbonyl (C=O) groups is 2. The van der Waals surface area contributed by atoms with Gasteiger partial charge < -0.3 is 14.2 Å². The number of esters is 1. The fraction of sp³-hybridized carbons (Fsp3) is 0.364. The molecule has 0 bridgehead atoms. The maximum Gasteiger partial charge on any atom is 0.331 e. The fourth-order valence-electron chi connectivity index (χ4n) is 3.38. The minimum absolute atomic E-state index is 0.169. The van der Waals surface area contributed by atoms with Crippen molar-refractivity contribution < 1.29 is 14.3 Å². The Kier molecular flexibility index (Phi) is 7.19. The van der Waals surface area contributed by atoms with Crippen LogP contribution in [-0.2, 0) is 35.0 Å². The zero-order valence-electron chi connectivity index (χ0n) is 17.7. The number of hydrogen-bond acceptors (Lipinski definition) is 6. The minimum atomic E-state index is -0.730. The Hall–Kier alpha value is -3.46. The molecule has 0 atom stereocenters. The lowest BCUT2D eigenvalue weighted by Gasteiger charge is -2.34. The summed E-state index contributed by atoms with van der Waals surface area (Å²) in [5, 5.41) is 0. The lowest BCUT2D eigenvalue weighted by atomic mass is 10.2. The largest absolute Gasteiger partial charge is 0.452 e. The lowest BCUT2D eigenvalue weighted by Crippen LogP contribution is -2.49. The monoisotopic (exact) mass is 426 g/mol. The summed E-state index contributed by atoms with van der Waals surface area (Å²) in [6.07, 6.45) is 3.69. The second kappa shape index (κ2) is 10.0. The van der Waals surface area contributed by atoms with Crippen LogP contribution in [0.15, 0.2) is 52.2 Å². The van der Waals surface area contributed by atoms with Gasteiger partial charge in [0.2, 0.25) is 0 Å². The zero-order valence-corrected chi connectivity index (χ0v) is 17.7. The van der Waals surface area contributed by atoms with Crippen LogP contribution in [0.2, 0.25) is 0 Å². The summed E-state index contributed by atoms with van der Waals surface area (Å²) >= 11 is 0. The highest BCUT2D eigenvalue weighted by molar-refractivity contribution is 5.89. The molecule has 0 unspecified atom stereocenters. The molecule has 1 amide bonds. The Morgan fingerprint density at radius 2 is 1.71 bits per heavy atom. The maximum atomic E-state index is 12.3. The Morgan fingerprint density at radius 3 is 2.39 bits per heavy atom. The molecular formula is C22H26N4O5. The van der Waals surface area contributed by atoms with Gasteiger partial charge in [-0.3, -0.25) is 19.1 Å². The number of rotatable bonds is 6. The molecule has 1 saturated heterocycles. The molecule has 0 spiro atoms. The van der Waals surface area contributed by atoms with Gasteiger partial charge in [-0.15, -0.1) is 0 Å². The topological polar surface area (TPSA) is 93.8 Å². The van der Waals surface area contributed by atoms with E-state index in [0.29, 0.717) is 13.1 Å². The molecule has 0 N–H and O–H groups in total. The van der Waals surface area contributed by atoms with Gasteiger partial charge in [-0.25, -0.2) is 9.59 Å². The number of amides is 1. The quantitative estimate of drug-likeness (QED) is 0.476. The molecule has 1 aromatic carbocycles. The minimum Gasteiger partial charge on any atom is -0.452 e. The molecule has 1 fully saturated rings. The highest BCUT2D eigenvalue weighted by Crippen LogP contribution is 2.08. The summed E-state index contributed by atoms with van der Waals surface area (Å²) < 4.78 is 7.21. The Morgan fingerprint density at radius 1 is 1.03 bits per heavy atom. The van der Waals surface area contributed by atoms with Crippen molar-refractivity contribution >= 4 is 18.0 Å². The van der Waals surface area contributed by atoms with E-state index in [-0.39, 0.29) is 18.1 Å². The number of hydrogen-bond donors (Lipinski definition) is 0. The van der Waals surface area contributed by atoms with Crippen LogP contribution in [-0.4, -0.2) is 63.6 Å². The molecule has 1 aromatic heterocycles. The summed E-state index contributed by atoms with van der Waals surface area (Å²) in [6, 6.07) is 10.2. The number of aromatic nitrogens is 2. The third-order valence-electron chi connectivity index (χ3n) is 5.18. The van der Waals surface area contributed by atoms with Crippen molar-refractivity contribution in [3.05, 3.63) is 74.6 Å². The predicted molar refractivity (Wildman–Crippen MR) is 115 cm³/mol.